The number of aryl methyl sites for hydroxylation is 1. The first-order valence-electron chi connectivity index (χ1n) is 12.4. The van der Waals surface area contributed by atoms with Gasteiger partial charge in [-0.3, -0.25) is 14.6 Å². The van der Waals surface area contributed by atoms with Crippen LogP contribution in [0.25, 0.3) is 11.1 Å². The lowest BCUT2D eigenvalue weighted by Crippen LogP contribution is -2.50. The topological polar surface area (TPSA) is 116 Å². The minimum absolute atomic E-state index is 0.0593. The molecule has 3 heterocycles. The number of nitrogens with one attached hydrogen (secondary N) is 2. The molecule has 0 bridgehead atoms. The Kier molecular flexibility index (Phi) is 6.43. The van der Waals surface area contributed by atoms with E-state index in [9.17, 15) is 19.2 Å². The lowest BCUT2D eigenvalue weighted by atomic mass is 9.92. The van der Waals surface area contributed by atoms with Crippen molar-refractivity contribution in [1.29, 1.82) is 0 Å². The minimum atomic E-state index is -0.562. The highest BCUT2D eigenvalue weighted by Gasteiger charge is 2.31. The van der Waals surface area contributed by atoms with Gasteiger partial charge in [-0.05, 0) is 55.5 Å². The summed E-state index contributed by atoms with van der Waals surface area (Å²) in [6.45, 7) is 3.57. The molecule has 0 spiro atoms. The van der Waals surface area contributed by atoms with E-state index in [0.717, 1.165) is 23.2 Å². The van der Waals surface area contributed by atoms with E-state index in [1.807, 2.05) is 24.9 Å². The largest absolute Gasteiger partial charge is 0.417 e. The van der Waals surface area contributed by atoms with Crippen LogP contribution in [-0.2, 0) is 11.2 Å². The first kappa shape index (κ1) is 23.9. The first-order valence-corrected chi connectivity index (χ1v) is 12.4. The van der Waals surface area contributed by atoms with Gasteiger partial charge in [0, 0.05) is 49.8 Å². The summed E-state index contributed by atoms with van der Waals surface area (Å²) >= 11 is 0. The zero-order valence-electron chi connectivity index (χ0n) is 20.6. The van der Waals surface area contributed by atoms with Crippen LogP contribution in [0.4, 0.5) is 10.5 Å². The Hall–Kier alpha value is -3.82. The minimum Gasteiger partial charge on any atom is -0.408 e. The molecule has 9 nitrogen and oxygen atoms in total. The number of aromatic amines is 1. The number of oxazole rings is 1. The van der Waals surface area contributed by atoms with Gasteiger partial charge in [-0.2, -0.15) is 0 Å². The number of H-pyrrole nitrogens is 1. The van der Waals surface area contributed by atoms with Crippen molar-refractivity contribution in [2.75, 3.05) is 25.0 Å². The van der Waals surface area contributed by atoms with Crippen LogP contribution < -0.4 is 16.5 Å². The molecule has 3 amide bonds. The molecule has 2 aromatic carbocycles. The number of amides is 3. The second-order valence-corrected chi connectivity index (χ2v) is 9.75. The number of hydrogen-bond donors (Lipinski definition) is 2. The number of Topliss-reactive ketones (excluding diaryl/α,β-unsaturated/α-hetero) is 1. The third kappa shape index (κ3) is 4.80. The van der Waals surface area contributed by atoms with Gasteiger partial charge in [0.1, 0.15) is 7.85 Å². The van der Waals surface area contributed by atoms with Crippen LogP contribution >= 0.6 is 0 Å². The maximum absolute atomic E-state index is 12.9. The third-order valence-electron chi connectivity index (χ3n) is 7.26. The molecule has 2 aliphatic rings. The van der Waals surface area contributed by atoms with Gasteiger partial charge in [0.2, 0.25) is 5.91 Å². The van der Waals surface area contributed by atoms with Gasteiger partial charge in [0.25, 0.3) is 0 Å². The molecule has 186 valence electrons. The molecule has 0 aliphatic carbocycles. The van der Waals surface area contributed by atoms with Crippen molar-refractivity contribution in [3.8, 4) is 0 Å². The lowest BCUT2D eigenvalue weighted by Gasteiger charge is -2.38. The van der Waals surface area contributed by atoms with Crippen molar-refractivity contribution < 1.29 is 18.8 Å². The average Bonchev–Trinajstić information content (AvgIpc) is 3.16. The van der Waals surface area contributed by atoms with Crippen LogP contribution in [0.3, 0.4) is 0 Å². The number of urea groups is 1. The molecular weight excluding hydrogens is 459 g/mol. The molecule has 2 aliphatic heterocycles. The number of likely N-dealkylation sites (tertiary alicyclic amines) is 1. The van der Waals surface area contributed by atoms with Crippen molar-refractivity contribution in [2.24, 2.45) is 0 Å². The van der Waals surface area contributed by atoms with Crippen molar-refractivity contribution in [1.82, 2.24) is 14.8 Å². The molecule has 1 saturated heterocycles. The molecule has 0 saturated carbocycles. The van der Waals surface area contributed by atoms with E-state index < -0.39 is 5.76 Å². The first-order chi connectivity index (χ1) is 17.3. The Morgan fingerprint density at radius 3 is 2.64 bits per heavy atom. The number of carbonyl (C=O) groups excluding carboxylic acids is 3. The van der Waals surface area contributed by atoms with Crippen LogP contribution in [0.15, 0.2) is 39.5 Å². The molecule has 0 unspecified atom stereocenters. The molecule has 5 rings (SSSR count). The number of piperidine rings is 1. The predicted octanol–water partition coefficient (Wildman–Crippen LogP) is 1.73. The summed E-state index contributed by atoms with van der Waals surface area (Å²) in [5, 5.41) is 3.04. The van der Waals surface area contributed by atoms with Gasteiger partial charge in [-0.25, -0.2) is 9.59 Å². The second-order valence-electron chi connectivity index (χ2n) is 9.75. The highest BCUT2D eigenvalue weighted by atomic mass is 16.4. The second kappa shape index (κ2) is 9.68. The summed E-state index contributed by atoms with van der Waals surface area (Å²) in [5.41, 5.74) is 5.28. The van der Waals surface area contributed by atoms with E-state index in [1.165, 1.54) is 5.46 Å². The fourth-order valence-electron chi connectivity index (χ4n) is 5.26. The molecule has 1 fully saturated rings. The van der Waals surface area contributed by atoms with Crippen molar-refractivity contribution in [3.63, 3.8) is 0 Å². The van der Waals surface area contributed by atoms with Crippen LogP contribution in [0.1, 0.15) is 47.2 Å². The van der Waals surface area contributed by atoms with E-state index in [4.69, 9.17) is 4.42 Å². The normalized spacial score (nSPS) is 16.5. The predicted molar refractivity (Wildman–Crippen MR) is 139 cm³/mol. The Morgan fingerprint density at radius 1 is 1.08 bits per heavy atom. The number of carbonyl (C=O) groups is 3. The molecule has 0 radical (unpaired) electrons. The molecule has 0 atom stereocenters. The van der Waals surface area contributed by atoms with E-state index in [0.29, 0.717) is 49.1 Å². The Morgan fingerprint density at radius 2 is 1.86 bits per heavy atom. The number of fused-ring (bicyclic) bond motifs is 2. The molecular formula is C26H29BN4O5. The van der Waals surface area contributed by atoms with Gasteiger partial charge in [-0.1, -0.05) is 17.6 Å². The summed E-state index contributed by atoms with van der Waals surface area (Å²) in [6.07, 6.45) is 2.44. The molecule has 36 heavy (non-hydrogen) atoms. The fourth-order valence-corrected chi connectivity index (χ4v) is 5.26. The molecule has 3 aromatic rings. The van der Waals surface area contributed by atoms with Gasteiger partial charge >= 0.3 is 11.8 Å². The number of benzene rings is 2. The quantitative estimate of drug-likeness (QED) is 0.419. The highest BCUT2D eigenvalue weighted by molar-refractivity contribution is 6.32. The number of ketones is 1. The summed E-state index contributed by atoms with van der Waals surface area (Å²) in [4.78, 5) is 56.2. The fraction of sp³-hybridized carbons (Fsp3) is 0.385. The molecule has 10 heteroatoms. The highest BCUT2D eigenvalue weighted by Crippen LogP contribution is 2.25. The van der Waals surface area contributed by atoms with Crippen LogP contribution in [0.2, 0.25) is 0 Å². The van der Waals surface area contributed by atoms with E-state index in [1.54, 1.807) is 24.0 Å². The van der Waals surface area contributed by atoms with Gasteiger partial charge in [0.15, 0.2) is 11.4 Å². The SMILES string of the molecule is Bc1ccc2c(c1)CCN(C1CCN(C(=O)CCC(=O)c3cc(C)c4[nH]c(=O)oc4c3)CC1)C(=O)N2. The zero-order valence-corrected chi connectivity index (χ0v) is 20.6. The van der Waals surface area contributed by atoms with Crippen molar-refractivity contribution >= 4 is 47.8 Å². The average molecular weight is 488 g/mol. The lowest BCUT2D eigenvalue weighted by molar-refractivity contribution is -0.132. The standard InChI is InChI=1S/C26H29BN4O5/c1-15-12-17(14-22-24(15)29-26(35)36-22)21(32)4-5-23(33)30-9-7-19(8-10-30)31-11-6-16-13-18(27)2-3-20(16)28-25(31)34/h2-3,12-14,19H,4-11,27H2,1H3,(H,28,34)(H,29,35). The Labute approximate surface area is 209 Å². The summed E-state index contributed by atoms with van der Waals surface area (Å²) in [6, 6.07) is 9.33. The summed E-state index contributed by atoms with van der Waals surface area (Å²) < 4.78 is 5.09. The Bertz CT molecular complexity index is 1400. The number of aromatic nitrogens is 1. The Balaban J connectivity index is 1.14. The van der Waals surface area contributed by atoms with Crippen molar-refractivity contribution in [2.45, 2.75) is 45.1 Å². The summed E-state index contributed by atoms with van der Waals surface area (Å²) in [7, 11) is 2.05. The smallest absolute Gasteiger partial charge is 0.408 e. The van der Waals surface area contributed by atoms with Crippen molar-refractivity contribution in [3.05, 3.63) is 57.6 Å². The maximum atomic E-state index is 12.9. The summed E-state index contributed by atoms with van der Waals surface area (Å²) in [5.74, 6) is -0.785. The third-order valence-corrected chi connectivity index (χ3v) is 7.26. The van der Waals surface area contributed by atoms with Gasteiger partial charge in [0.05, 0.1) is 5.52 Å². The van der Waals surface area contributed by atoms with Crippen LogP contribution in [0.5, 0.6) is 0 Å². The monoisotopic (exact) mass is 488 g/mol. The molecule has 1 aromatic heterocycles. The van der Waals surface area contributed by atoms with Gasteiger partial charge < -0.3 is 19.5 Å². The van der Waals surface area contributed by atoms with Gasteiger partial charge in [-0.15, -0.1) is 0 Å². The van der Waals surface area contributed by atoms with E-state index >= 15 is 0 Å². The number of hydrogen-bond acceptors (Lipinski definition) is 5. The number of nitrogens with zero attached hydrogens (tertiary/aromatic N) is 2. The van der Waals surface area contributed by atoms with Crippen LogP contribution in [0, 0.1) is 6.92 Å². The van der Waals surface area contributed by atoms with E-state index in [2.05, 4.69) is 16.4 Å². The number of rotatable bonds is 5. The van der Waals surface area contributed by atoms with E-state index in [-0.39, 0.29) is 36.6 Å². The van der Waals surface area contributed by atoms with Crippen LogP contribution in [-0.4, -0.2) is 66.0 Å². The maximum Gasteiger partial charge on any atom is 0.417 e. The number of anilines is 1. The zero-order chi connectivity index (χ0) is 25.4. The molecule has 2 N–H and O–H groups in total.